The van der Waals surface area contributed by atoms with Crippen LogP contribution in [-0.2, 0) is 20.7 Å². The average molecular weight is 299 g/mol. The number of carbonyl (C=O) groups is 2. The number of pyridine rings is 1. The molecule has 0 bridgehead atoms. The zero-order chi connectivity index (χ0) is 15.9. The maximum atomic E-state index is 11.8. The molecule has 0 radical (unpaired) electrons. The Labute approximate surface area is 128 Å². The molecule has 1 heterocycles. The Morgan fingerprint density at radius 2 is 1.95 bits per heavy atom. The highest BCUT2D eigenvalue weighted by Crippen LogP contribution is 2.21. The molecule has 5 heteroatoms. The summed E-state index contributed by atoms with van der Waals surface area (Å²) in [5.41, 5.74) is 2.90. The van der Waals surface area contributed by atoms with Gasteiger partial charge in [-0.1, -0.05) is 24.3 Å². The average Bonchev–Trinajstić information content (AvgIpc) is 2.55. The van der Waals surface area contributed by atoms with Crippen molar-refractivity contribution in [2.24, 2.45) is 0 Å². The smallest absolute Gasteiger partial charge is 0.339 e. The van der Waals surface area contributed by atoms with Crippen LogP contribution in [0.2, 0.25) is 0 Å². The van der Waals surface area contributed by atoms with E-state index in [1.54, 1.807) is 19.2 Å². The van der Waals surface area contributed by atoms with Crippen molar-refractivity contribution in [1.29, 1.82) is 0 Å². The highest BCUT2D eigenvalue weighted by atomic mass is 16.5. The predicted molar refractivity (Wildman–Crippen MR) is 81.3 cm³/mol. The molecule has 0 aliphatic rings. The number of esters is 2. The van der Waals surface area contributed by atoms with Gasteiger partial charge in [-0.2, -0.15) is 0 Å². The fourth-order valence-electron chi connectivity index (χ4n) is 2.02. The third kappa shape index (κ3) is 3.91. The van der Waals surface area contributed by atoms with E-state index < -0.39 is 5.97 Å². The summed E-state index contributed by atoms with van der Waals surface area (Å²) in [6.45, 7) is 2.07. The molecule has 0 N–H and O–H groups in total. The number of benzene rings is 1. The zero-order valence-corrected chi connectivity index (χ0v) is 12.5. The minimum Gasteiger partial charge on any atom is -0.469 e. The van der Waals surface area contributed by atoms with Gasteiger partial charge in [0, 0.05) is 18.0 Å². The molecule has 0 fully saturated rings. The molecular formula is C17H17NO4. The number of hydrogen-bond donors (Lipinski definition) is 0. The summed E-state index contributed by atoms with van der Waals surface area (Å²) in [6.07, 6.45) is 3.34. The van der Waals surface area contributed by atoms with Crippen LogP contribution in [0.25, 0.3) is 11.1 Å². The van der Waals surface area contributed by atoms with E-state index in [9.17, 15) is 9.59 Å². The van der Waals surface area contributed by atoms with Crippen molar-refractivity contribution in [2.75, 3.05) is 13.7 Å². The maximum Gasteiger partial charge on any atom is 0.339 e. The topological polar surface area (TPSA) is 65.5 Å². The largest absolute Gasteiger partial charge is 0.469 e. The van der Waals surface area contributed by atoms with E-state index in [1.807, 2.05) is 24.3 Å². The second-order valence-corrected chi connectivity index (χ2v) is 4.64. The molecule has 0 unspecified atom stereocenters. The van der Waals surface area contributed by atoms with Crippen molar-refractivity contribution in [3.63, 3.8) is 0 Å². The highest BCUT2D eigenvalue weighted by molar-refractivity contribution is 5.90. The van der Waals surface area contributed by atoms with Gasteiger partial charge in [0.1, 0.15) is 0 Å². The number of nitrogens with zero attached hydrogens (tertiary/aromatic N) is 1. The molecule has 0 atom stereocenters. The van der Waals surface area contributed by atoms with Gasteiger partial charge in [0.25, 0.3) is 0 Å². The Balaban J connectivity index is 2.28. The summed E-state index contributed by atoms with van der Waals surface area (Å²) in [5.74, 6) is -0.696. The van der Waals surface area contributed by atoms with E-state index in [0.29, 0.717) is 12.2 Å². The van der Waals surface area contributed by atoms with Crippen LogP contribution in [0.1, 0.15) is 22.8 Å². The Kier molecular flexibility index (Phi) is 5.25. The molecule has 0 saturated heterocycles. The van der Waals surface area contributed by atoms with E-state index in [1.165, 1.54) is 13.3 Å². The quantitative estimate of drug-likeness (QED) is 0.794. The van der Waals surface area contributed by atoms with Gasteiger partial charge in [0.05, 0.1) is 25.7 Å². The number of rotatable bonds is 5. The van der Waals surface area contributed by atoms with Gasteiger partial charge in [-0.05, 0) is 24.1 Å². The first-order chi connectivity index (χ1) is 10.6. The summed E-state index contributed by atoms with van der Waals surface area (Å²) >= 11 is 0. The summed E-state index contributed by atoms with van der Waals surface area (Å²) in [4.78, 5) is 27.2. The second-order valence-electron chi connectivity index (χ2n) is 4.64. The van der Waals surface area contributed by atoms with Crippen molar-refractivity contribution in [3.05, 3.63) is 53.9 Å². The van der Waals surface area contributed by atoms with Gasteiger partial charge in [-0.15, -0.1) is 0 Å². The van der Waals surface area contributed by atoms with Crippen LogP contribution >= 0.6 is 0 Å². The first-order valence-electron chi connectivity index (χ1n) is 6.92. The number of ether oxygens (including phenoxy) is 2. The van der Waals surface area contributed by atoms with Crippen LogP contribution in [0.15, 0.2) is 42.7 Å². The first-order valence-corrected chi connectivity index (χ1v) is 6.92. The van der Waals surface area contributed by atoms with Gasteiger partial charge >= 0.3 is 11.9 Å². The SMILES string of the molecule is CCOC(=O)c1cncc(-c2cccc(CC(=O)OC)c2)c1. The number of hydrogen-bond acceptors (Lipinski definition) is 5. The van der Waals surface area contributed by atoms with E-state index in [0.717, 1.165) is 16.7 Å². The van der Waals surface area contributed by atoms with E-state index in [-0.39, 0.29) is 12.4 Å². The molecule has 22 heavy (non-hydrogen) atoms. The van der Waals surface area contributed by atoms with Crippen molar-refractivity contribution in [3.8, 4) is 11.1 Å². The minimum atomic E-state index is -0.400. The lowest BCUT2D eigenvalue weighted by molar-refractivity contribution is -0.139. The lowest BCUT2D eigenvalue weighted by Crippen LogP contribution is -2.05. The normalized spacial score (nSPS) is 10.1. The Morgan fingerprint density at radius 3 is 2.68 bits per heavy atom. The minimum absolute atomic E-state index is 0.204. The molecule has 0 aliphatic carbocycles. The van der Waals surface area contributed by atoms with Crippen molar-refractivity contribution in [1.82, 2.24) is 4.98 Å². The van der Waals surface area contributed by atoms with Gasteiger partial charge < -0.3 is 9.47 Å². The zero-order valence-electron chi connectivity index (χ0n) is 12.5. The Hall–Kier alpha value is -2.69. The fourth-order valence-corrected chi connectivity index (χ4v) is 2.02. The number of carbonyl (C=O) groups excluding carboxylic acids is 2. The molecule has 0 spiro atoms. The lowest BCUT2D eigenvalue weighted by atomic mass is 10.0. The first kappa shape index (κ1) is 15.7. The summed E-state index contributed by atoms with van der Waals surface area (Å²) < 4.78 is 9.63. The highest BCUT2D eigenvalue weighted by Gasteiger charge is 2.09. The number of methoxy groups -OCH3 is 1. The Morgan fingerprint density at radius 1 is 1.14 bits per heavy atom. The fraction of sp³-hybridized carbons (Fsp3) is 0.235. The van der Waals surface area contributed by atoms with Crippen molar-refractivity contribution < 1.29 is 19.1 Å². The van der Waals surface area contributed by atoms with E-state index in [2.05, 4.69) is 9.72 Å². The van der Waals surface area contributed by atoms with E-state index in [4.69, 9.17) is 4.74 Å². The van der Waals surface area contributed by atoms with Crippen molar-refractivity contribution in [2.45, 2.75) is 13.3 Å². The third-order valence-corrected chi connectivity index (χ3v) is 3.09. The lowest BCUT2D eigenvalue weighted by Gasteiger charge is -2.07. The summed E-state index contributed by atoms with van der Waals surface area (Å²) in [6, 6.07) is 9.20. The molecule has 0 saturated carbocycles. The maximum absolute atomic E-state index is 11.8. The molecule has 2 aromatic rings. The van der Waals surface area contributed by atoms with Gasteiger partial charge in [-0.25, -0.2) is 4.79 Å². The number of aromatic nitrogens is 1. The van der Waals surface area contributed by atoms with Crippen LogP contribution in [0.5, 0.6) is 0 Å². The molecule has 1 aromatic heterocycles. The second kappa shape index (κ2) is 7.36. The molecular weight excluding hydrogens is 282 g/mol. The van der Waals surface area contributed by atoms with Crippen LogP contribution in [0.3, 0.4) is 0 Å². The van der Waals surface area contributed by atoms with Crippen LogP contribution in [-0.4, -0.2) is 30.6 Å². The van der Waals surface area contributed by atoms with Gasteiger partial charge in [0.15, 0.2) is 0 Å². The molecule has 114 valence electrons. The standard InChI is InChI=1S/C17H17NO4/c1-3-22-17(20)15-9-14(10-18-11-15)13-6-4-5-12(7-13)8-16(19)21-2/h4-7,9-11H,3,8H2,1-2H3. The molecule has 0 amide bonds. The summed E-state index contributed by atoms with van der Waals surface area (Å²) in [7, 11) is 1.36. The predicted octanol–water partition coefficient (Wildman–Crippen LogP) is 2.64. The molecule has 0 aliphatic heterocycles. The van der Waals surface area contributed by atoms with Crippen LogP contribution < -0.4 is 0 Å². The Bertz CT molecular complexity index is 682. The molecule has 5 nitrogen and oxygen atoms in total. The van der Waals surface area contributed by atoms with Crippen molar-refractivity contribution >= 4 is 11.9 Å². The van der Waals surface area contributed by atoms with E-state index >= 15 is 0 Å². The van der Waals surface area contributed by atoms with Gasteiger partial charge in [0.2, 0.25) is 0 Å². The summed E-state index contributed by atoms with van der Waals surface area (Å²) in [5, 5.41) is 0. The monoisotopic (exact) mass is 299 g/mol. The van der Waals surface area contributed by atoms with Gasteiger partial charge in [-0.3, -0.25) is 9.78 Å². The molecule has 2 rings (SSSR count). The van der Waals surface area contributed by atoms with Crippen LogP contribution in [0.4, 0.5) is 0 Å². The van der Waals surface area contributed by atoms with Crippen LogP contribution in [0, 0.1) is 0 Å². The third-order valence-electron chi connectivity index (χ3n) is 3.09. The molecule has 1 aromatic carbocycles.